The molecule has 0 spiro atoms. The molecule has 0 radical (unpaired) electrons. The Morgan fingerprint density at radius 1 is 1.03 bits per heavy atom. The molecule has 2 aromatic carbocycles. The number of rotatable bonds is 5. The highest BCUT2D eigenvalue weighted by molar-refractivity contribution is 5.80. The summed E-state index contributed by atoms with van der Waals surface area (Å²) in [6.07, 6.45) is 7.33. The van der Waals surface area contributed by atoms with E-state index in [0.717, 1.165) is 26.1 Å². The van der Waals surface area contributed by atoms with Crippen molar-refractivity contribution in [1.82, 2.24) is 4.90 Å². The molecule has 6 rings (SSSR count). The molecule has 1 aliphatic carbocycles. The van der Waals surface area contributed by atoms with Crippen molar-refractivity contribution in [2.75, 3.05) is 49.6 Å². The molecule has 1 saturated carbocycles. The van der Waals surface area contributed by atoms with Crippen LogP contribution in [0.2, 0.25) is 0 Å². The Bertz CT molecular complexity index is 1020. The molecule has 1 saturated heterocycles. The van der Waals surface area contributed by atoms with Crippen molar-refractivity contribution in [3.8, 4) is 0 Å². The van der Waals surface area contributed by atoms with E-state index in [1.54, 1.807) is 23.3 Å². The average Bonchev–Trinajstić information content (AvgIpc) is 3.09. The molecule has 32 heavy (non-hydrogen) atoms. The van der Waals surface area contributed by atoms with Crippen LogP contribution in [0.4, 0.5) is 15.8 Å². The van der Waals surface area contributed by atoms with Gasteiger partial charge in [0.1, 0.15) is 5.82 Å². The second kappa shape index (κ2) is 8.22. The minimum atomic E-state index is -0.140. The number of piperidine rings is 1. The first-order chi connectivity index (χ1) is 15.7. The Hall–Kier alpha value is -2.33. The van der Waals surface area contributed by atoms with Gasteiger partial charge in [-0.15, -0.1) is 0 Å². The van der Waals surface area contributed by atoms with Gasteiger partial charge in [0.15, 0.2) is 0 Å². The molecular weight excluding hydrogens is 397 g/mol. The maximum absolute atomic E-state index is 13.4. The molecule has 0 amide bonds. The Kier molecular flexibility index (Phi) is 5.21. The molecule has 2 fully saturated rings. The number of likely N-dealkylation sites (tertiary alicyclic amines) is 1. The van der Waals surface area contributed by atoms with Gasteiger partial charge in [-0.3, -0.25) is 0 Å². The third-order valence-electron chi connectivity index (χ3n) is 8.36. The standard InChI is InChI=1S/C28H34FN3/c1-30-17-18-32-26-14-16-31(19-25(26)24-7-3-9-27(30)28(24)32)15-4-8-23(20-5-2-6-20)21-10-12-22(29)13-11-21/h3,7,9-13,25-26H,2,4-6,8,14-19H2,1H3/t25-,26-/m0/s1. The number of benzene rings is 2. The third kappa shape index (κ3) is 3.44. The number of allylic oxidation sites excluding steroid dienone is 2. The van der Waals surface area contributed by atoms with Gasteiger partial charge >= 0.3 is 0 Å². The van der Waals surface area contributed by atoms with Gasteiger partial charge in [0.05, 0.1) is 11.4 Å². The Morgan fingerprint density at radius 3 is 2.66 bits per heavy atom. The summed E-state index contributed by atoms with van der Waals surface area (Å²) in [5.41, 5.74) is 8.84. The van der Waals surface area contributed by atoms with E-state index in [1.807, 2.05) is 12.1 Å². The van der Waals surface area contributed by atoms with Crippen LogP contribution < -0.4 is 9.80 Å². The SMILES string of the molecule is CN1CCN2c3c(cccc31)[C@@H]1CN(CCCC(=C3CCC3)c3ccc(F)cc3)CC[C@@H]12. The van der Waals surface area contributed by atoms with E-state index in [1.165, 1.54) is 67.7 Å². The molecule has 3 heterocycles. The van der Waals surface area contributed by atoms with Crippen molar-refractivity contribution >= 4 is 16.9 Å². The van der Waals surface area contributed by atoms with Gasteiger partial charge in [-0.05, 0) is 80.0 Å². The molecular formula is C28H34FN3. The van der Waals surface area contributed by atoms with Gasteiger partial charge in [-0.25, -0.2) is 4.39 Å². The number of nitrogens with zero attached hydrogens (tertiary/aromatic N) is 3. The predicted octanol–water partition coefficient (Wildman–Crippen LogP) is 5.67. The molecule has 0 unspecified atom stereocenters. The second-order valence-electron chi connectivity index (χ2n) is 10.1. The van der Waals surface area contributed by atoms with E-state index in [4.69, 9.17) is 0 Å². The predicted molar refractivity (Wildman–Crippen MR) is 131 cm³/mol. The molecule has 2 aromatic rings. The fourth-order valence-electron chi connectivity index (χ4n) is 6.49. The minimum absolute atomic E-state index is 0.140. The average molecular weight is 432 g/mol. The van der Waals surface area contributed by atoms with Crippen LogP contribution in [0.5, 0.6) is 0 Å². The molecule has 2 atom stereocenters. The summed E-state index contributed by atoms with van der Waals surface area (Å²) < 4.78 is 13.4. The summed E-state index contributed by atoms with van der Waals surface area (Å²) in [6, 6.07) is 14.8. The first kappa shape index (κ1) is 20.3. The van der Waals surface area contributed by atoms with Gasteiger partial charge < -0.3 is 14.7 Å². The van der Waals surface area contributed by atoms with E-state index in [-0.39, 0.29) is 5.82 Å². The molecule has 3 nitrogen and oxygen atoms in total. The van der Waals surface area contributed by atoms with Crippen LogP contribution in [0.25, 0.3) is 5.57 Å². The van der Waals surface area contributed by atoms with Crippen molar-refractivity contribution in [3.05, 3.63) is 65.0 Å². The molecule has 168 valence electrons. The van der Waals surface area contributed by atoms with E-state index in [2.05, 4.69) is 39.9 Å². The summed E-state index contributed by atoms with van der Waals surface area (Å²) in [4.78, 5) is 7.85. The number of fused-ring (bicyclic) bond motifs is 3. The van der Waals surface area contributed by atoms with Gasteiger partial charge in [0.2, 0.25) is 0 Å². The number of anilines is 2. The quantitative estimate of drug-likeness (QED) is 0.604. The fourth-order valence-corrected chi connectivity index (χ4v) is 6.49. The maximum atomic E-state index is 13.4. The van der Waals surface area contributed by atoms with E-state index in [0.29, 0.717) is 12.0 Å². The molecule has 3 aliphatic heterocycles. The highest BCUT2D eigenvalue weighted by Gasteiger charge is 2.44. The summed E-state index contributed by atoms with van der Waals surface area (Å²) in [5, 5.41) is 0. The van der Waals surface area contributed by atoms with Gasteiger partial charge in [0, 0.05) is 45.2 Å². The monoisotopic (exact) mass is 431 g/mol. The van der Waals surface area contributed by atoms with Crippen molar-refractivity contribution in [2.45, 2.75) is 50.5 Å². The van der Waals surface area contributed by atoms with Crippen molar-refractivity contribution in [3.63, 3.8) is 0 Å². The first-order valence-corrected chi connectivity index (χ1v) is 12.5. The lowest BCUT2D eigenvalue weighted by Gasteiger charge is -2.41. The van der Waals surface area contributed by atoms with Crippen molar-refractivity contribution in [1.29, 1.82) is 0 Å². The first-order valence-electron chi connectivity index (χ1n) is 12.5. The zero-order valence-corrected chi connectivity index (χ0v) is 19.2. The molecule has 0 aromatic heterocycles. The normalized spacial score (nSPS) is 24.2. The summed E-state index contributed by atoms with van der Waals surface area (Å²) in [7, 11) is 2.23. The molecule has 0 N–H and O–H groups in total. The zero-order chi connectivity index (χ0) is 21.7. The topological polar surface area (TPSA) is 9.72 Å². The van der Waals surface area contributed by atoms with Gasteiger partial charge in [-0.2, -0.15) is 0 Å². The number of hydrogen-bond donors (Lipinski definition) is 0. The highest BCUT2D eigenvalue weighted by atomic mass is 19.1. The Balaban J connectivity index is 1.13. The zero-order valence-electron chi connectivity index (χ0n) is 19.2. The third-order valence-corrected chi connectivity index (χ3v) is 8.36. The summed E-state index contributed by atoms with van der Waals surface area (Å²) in [6.45, 7) is 5.85. The number of halogens is 1. The summed E-state index contributed by atoms with van der Waals surface area (Å²) >= 11 is 0. The van der Waals surface area contributed by atoms with Crippen LogP contribution in [-0.4, -0.2) is 50.7 Å². The fraction of sp³-hybridized carbons (Fsp3) is 0.500. The van der Waals surface area contributed by atoms with E-state index >= 15 is 0 Å². The lowest BCUT2D eigenvalue weighted by atomic mass is 9.83. The van der Waals surface area contributed by atoms with Crippen LogP contribution in [-0.2, 0) is 0 Å². The summed E-state index contributed by atoms with van der Waals surface area (Å²) in [5.74, 6) is 0.505. The van der Waals surface area contributed by atoms with Crippen LogP contribution >= 0.6 is 0 Å². The maximum Gasteiger partial charge on any atom is 0.123 e. The Morgan fingerprint density at radius 2 is 1.88 bits per heavy atom. The van der Waals surface area contributed by atoms with Crippen LogP contribution in [0.15, 0.2) is 48.0 Å². The number of likely N-dealkylation sites (N-methyl/N-ethyl adjacent to an activating group) is 1. The minimum Gasteiger partial charge on any atom is -0.371 e. The van der Waals surface area contributed by atoms with Crippen molar-refractivity contribution < 1.29 is 4.39 Å². The number of hydrogen-bond acceptors (Lipinski definition) is 3. The highest BCUT2D eigenvalue weighted by Crippen LogP contribution is 2.50. The molecule has 4 aliphatic rings. The van der Waals surface area contributed by atoms with Crippen LogP contribution in [0.1, 0.15) is 55.6 Å². The lowest BCUT2D eigenvalue weighted by Crippen LogP contribution is -2.49. The lowest BCUT2D eigenvalue weighted by molar-refractivity contribution is 0.192. The Labute approximate surface area is 191 Å². The van der Waals surface area contributed by atoms with E-state index in [9.17, 15) is 4.39 Å². The number of para-hydroxylation sites is 1. The molecule has 0 bridgehead atoms. The van der Waals surface area contributed by atoms with Gasteiger partial charge in [-0.1, -0.05) is 29.8 Å². The molecule has 4 heteroatoms. The smallest absolute Gasteiger partial charge is 0.123 e. The van der Waals surface area contributed by atoms with E-state index < -0.39 is 0 Å². The van der Waals surface area contributed by atoms with Crippen molar-refractivity contribution in [2.24, 2.45) is 0 Å². The van der Waals surface area contributed by atoms with Gasteiger partial charge in [0.25, 0.3) is 0 Å². The van der Waals surface area contributed by atoms with Crippen LogP contribution in [0, 0.1) is 5.82 Å². The largest absolute Gasteiger partial charge is 0.371 e. The van der Waals surface area contributed by atoms with Crippen LogP contribution in [0.3, 0.4) is 0 Å². The second-order valence-corrected chi connectivity index (χ2v) is 10.1.